The SMILES string of the molecule is N#CC[NH+](CC#N)Cc1c(O)ccc2c1O/C(=C\c1ccccc1F)C2=O. The van der Waals surface area contributed by atoms with Crippen LogP contribution < -0.4 is 9.64 Å². The zero-order valence-corrected chi connectivity index (χ0v) is 14.2. The molecule has 0 fully saturated rings. The number of benzene rings is 2. The first-order valence-electron chi connectivity index (χ1n) is 8.16. The van der Waals surface area contributed by atoms with E-state index >= 15 is 0 Å². The summed E-state index contributed by atoms with van der Waals surface area (Å²) >= 11 is 0. The van der Waals surface area contributed by atoms with E-state index in [9.17, 15) is 14.3 Å². The van der Waals surface area contributed by atoms with Gasteiger partial charge in [0.15, 0.2) is 24.6 Å². The Bertz CT molecular complexity index is 1000. The number of quaternary nitrogens is 1. The number of Topliss-reactive ketones (excluding diaryl/α,β-unsaturated/α-hetero) is 1. The number of ketones is 1. The van der Waals surface area contributed by atoms with E-state index in [2.05, 4.69) is 0 Å². The summed E-state index contributed by atoms with van der Waals surface area (Å²) in [4.78, 5) is 13.2. The number of nitrogens with zero attached hydrogens (tertiary/aromatic N) is 2. The van der Waals surface area contributed by atoms with Gasteiger partial charge >= 0.3 is 0 Å². The number of allylic oxidation sites excluding steroid dienone is 1. The van der Waals surface area contributed by atoms with Gasteiger partial charge in [-0.25, -0.2) is 4.39 Å². The molecule has 0 amide bonds. The quantitative estimate of drug-likeness (QED) is 0.620. The molecule has 0 saturated heterocycles. The topological polar surface area (TPSA) is 98.6 Å². The lowest BCUT2D eigenvalue weighted by atomic mass is 10.0. The Hall–Kier alpha value is -3.68. The van der Waals surface area contributed by atoms with Crippen molar-refractivity contribution in [2.24, 2.45) is 0 Å². The molecule has 6 nitrogen and oxygen atoms in total. The highest BCUT2D eigenvalue weighted by Crippen LogP contribution is 2.39. The van der Waals surface area contributed by atoms with E-state index in [0.29, 0.717) is 10.5 Å². The molecule has 2 N–H and O–H groups in total. The van der Waals surface area contributed by atoms with Crippen LogP contribution in [0.3, 0.4) is 0 Å². The van der Waals surface area contributed by atoms with Crippen LogP contribution >= 0.6 is 0 Å². The van der Waals surface area contributed by atoms with Crippen molar-refractivity contribution in [3.63, 3.8) is 0 Å². The van der Waals surface area contributed by atoms with Crippen LogP contribution in [0.2, 0.25) is 0 Å². The van der Waals surface area contributed by atoms with Crippen LogP contribution in [0.1, 0.15) is 21.5 Å². The molecule has 0 radical (unpaired) electrons. The monoisotopic (exact) mass is 364 g/mol. The van der Waals surface area contributed by atoms with Gasteiger partial charge in [0.2, 0.25) is 5.78 Å². The molecular formula is C20H15FN3O3+. The van der Waals surface area contributed by atoms with E-state index in [4.69, 9.17) is 15.3 Å². The fraction of sp³-hybridized carbons (Fsp3) is 0.150. The molecule has 1 aliphatic rings. The molecule has 3 rings (SSSR count). The van der Waals surface area contributed by atoms with Crippen molar-refractivity contribution in [2.45, 2.75) is 6.54 Å². The van der Waals surface area contributed by atoms with Crippen molar-refractivity contribution in [3.8, 4) is 23.6 Å². The summed E-state index contributed by atoms with van der Waals surface area (Å²) < 4.78 is 19.5. The molecule has 0 bridgehead atoms. The first kappa shape index (κ1) is 18.1. The molecule has 0 unspecified atom stereocenters. The van der Waals surface area contributed by atoms with Gasteiger partial charge in [0, 0.05) is 5.56 Å². The fourth-order valence-electron chi connectivity index (χ4n) is 2.86. The number of halogens is 1. The lowest BCUT2D eigenvalue weighted by molar-refractivity contribution is -0.899. The van der Waals surface area contributed by atoms with Crippen LogP contribution in [0.25, 0.3) is 6.08 Å². The Morgan fingerprint density at radius 3 is 2.52 bits per heavy atom. The molecule has 0 atom stereocenters. The number of nitrogens with one attached hydrogen (secondary N) is 1. The number of aromatic hydroxyl groups is 1. The molecule has 2 aromatic rings. The Morgan fingerprint density at radius 2 is 1.85 bits per heavy atom. The number of carbonyl (C=O) groups is 1. The molecule has 1 aliphatic heterocycles. The number of carbonyl (C=O) groups excluding carboxylic acids is 1. The average Bonchev–Trinajstić information content (AvgIpc) is 2.96. The Labute approximate surface area is 154 Å². The van der Waals surface area contributed by atoms with E-state index < -0.39 is 11.6 Å². The maximum Gasteiger partial charge on any atom is 0.231 e. The van der Waals surface area contributed by atoms with Gasteiger partial charge in [0.1, 0.15) is 30.2 Å². The van der Waals surface area contributed by atoms with Crippen LogP contribution in [0.5, 0.6) is 11.5 Å². The Balaban J connectivity index is 1.98. The second-order valence-corrected chi connectivity index (χ2v) is 6.00. The van der Waals surface area contributed by atoms with Gasteiger partial charge in [0.05, 0.1) is 11.1 Å². The van der Waals surface area contributed by atoms with Crippen molar-refractivity contribution in [1.29, 1.82) is 10.5 Å². The zero-order valence-electron chi connectivity index (χ0n) is 14.2. The van der Waals surface area contributed by atoms with Crippen molar-refractivity contribution < 1.29 is 23.9 Å². The lowest BCUT2D eigenvalue weighted by Crippen LogP contribution is -3.10. The highest BCUT2D eigenvalue weighted by molar-refractivity contribution is 6.15. The van der Waals surface area contributed by atoms with Gasteiger partial charge < -0.3 is 14.7 Å². The third-order valence-corrected chi connectivity index (χ3v) is 4.19. The summed E-state index contributed by atoms with van der Waals surface area (Å²) in [6.45, 7) is 0.251. The molecular weight excluding hydrogens is 349 g/mol. The normalized spacial score (nSPS) is 13.9. The van der Waals surface area contributed by atoms with Crippen LogP contribution in [0, 0.1) is 28.5 Å². The maximum atomic E-state index is 13.9. The predicted molar refractivity (Wildman–Crippen MR) is 93.1 cm³/mol. The largest absolute Gasteiger partial charge is 0.507 e. The average molecular weight is 364 g/mol. The number of ether oxygens (including phenoxy) is 1. The van der Waals surface area contributed by atoms with Gasteiger partial charge in [-0.2, -0.15) is 10.5 Å². The van der Waals surface area contributed by atoms with Crippen molar-refractivity contribution >= 4 is 11.9 Å². The second-order valence-electron chi connectivity index (χ2n) is 6.00. The van der Waals surface area contributed by atoms with E-state index in [-0.39, 0.29) is 48.0 Å². The van der Waals surface area contributed by atoms with E-state index in [0.717, 1.165) is 0 Å². The van der Waals surface area contributed by atoms with Crippen LogP contribution in [0.15, 0.2) is 42.2 Å². The van der Waals surface area contributed by atoms with Crippen molar-refractivity contribution in [1.82, 2.24) is 0 Å². The number of hydrogen-bond donors (Lipinski definition) is 2. The summed E-state index contributed by atoms with van der Waals surface area (Å²) in [7, 11) is 0. The molecule has 2 aromatic carbocycles. The van der Waals surface area contributed by atoms with Crippen LogP contribution in [-0.4, -0.2) is 24.0 Å². The first-order chi connectivity index (χ1) is 13.0. The molecule has 27 heavy (non-hydrogen) atoms. The highest BCUT2D eigenvalue weighted by atomic mass is 19.1. The first-order valence-corrected chi connectivity index (χ1v) is 8.16. The predicted octanol–water partition coefficient (Wildman–Crippen LogP) is 1.58. The lowest BCUT2D eigenvalue weighted by Gasteiger charge is -2.15. The van der Waals surface area contributed by atoms with Gasteiger partial charge in [-0.1, -0.05) is 18.2 Å². The van der Waals surface area contributed by atoms with Gasteiger partial charge in [0.25, 0.3) is 0 Å². The zero-order chi connectivity index (χ0) is 19.4. The Morgan fingerprint density at radius 1 is 1.15 bits per heavy atom. The minimum absolute atomic E-state index is 0.0518. The number of phenolic OH excluding ortho intramolecular Hbond substituents is 1. The number of fused-ring (bicyclic) bond motifs is 1. The van der Waals surface area contributed by atoms with Crippen LogP contribution in [-0.2, 0) is 6.54 Å². The standard InChI is InChI=1S/C20H14FN3O3/c21-16-4-2-1-3-13(16)11-18-19(26)14-5-6-17(25)15(20(14)27-18)12-24(9-7-22)10-8-23/h1-6,11,25H,9-10,12H2/p+1/b18-11-. The molecule has 0 spiro atoms. The summed E-state index contributed by atoms with van der Waals surface area (Å²) in [6.07, 6.45) is 1.31. The third kappa shape index (κ3) is 3.64. The number of nitriles is 2. The van der Waals surface area contributed by atoms with Gasteiger partial charge in [-0.3, -0.25) is 4.79 Å². The van der Waals surface area contributed by atoms with Crippen molar-refractivity contribution in [3.05, 3.63) is 64.7 Å². The number of rotatable bonds is 5. The maximum absolute atomic E-state index is 13.9. The van der Waals surface area contributed by atoms with E-state index in [1.807, 2.05) is 12.1 Å². The second kappa shape index (κ2) is 7.69. The number of hydrogen-bond acceptors (Lipinski definition) is 5. The molecule has 0 aromatic heterocycles. The summed E-state index contributed by atoms with van der Waals surface area (Å²) in [6, 6.07) is 12.8. The summed E-state index contributed by atoms with van der Waals surface area (Å²) in [5.74, 6) is -0.877. The van der Waals surface area contributed by atoms with E-state index in [1.54, 1.807) is 12.1 Å². The van der Waals surface area contributed by atoms with E-state index in [1.165, 1.54) is 30.3 Å². The third-order valence-electron chi connectivity index (χ3n) is 4.19. The van der Waals surface area contributed by atoms with Gasteiger partial charge in [-0.15, -0.1) is 0 Å². The number of phenols is 1. The minimum atomic E-state index is -0.487. The molecule has 7 heteroatoms. The van der Waals surface area contributed by atoms with Crippen molar-refractivity contribution in [2.75, 3.05) is 13.1 Å². The highest BCUT2D eigenvalue weighted by Gasteiger charge is 2.32. The molecule has 134 valence electrons. The van der Waals surface area contributed by atoms with Gasteiger partial charge in [-0.05, 0) is 24.3 Å². The molecule has 0 saturated carbocycles. The summed E-state index contributed by atoms with van der Waals surface area (Å²) in [5.41, 5.74) is 0.789. The fourth-order valence-corrected chi connectivity index (χ4v) is 2.86. The summed E-state index contributed by atoms with van der Waals surface area (Å²) in [5, 5.41) is 28.0. The van der Waals surface area contributed by atoms with Crippen LogP contribution in [0.4, 0.5) is 4.39 Å². The minimum Gasteiger partial charge on any atom is -0.507 e. The Kier molecular flexibility index (Phi) is 5.16. The smallest absolute Gasteiger partial charge is 0.231 e. The molecule has 1 heterocycles. The molecule has 0 aliphatic carbocycles.